The van der Waals surface area contributed by atoms with Gasteiger partial charge in [-0.15, -0.1) is 0 Å². The number of nitrogens with zero attached hydrogens (tertiary/aromatic N) is 3. The number of rotatable bonds is 2. The van der Waals surface area contributed by atoms with Gasteiger partial charge in [-0.05, 0) is 18.1 Å². The largest absolute Gasteiger partial charge is 0.335 e. The lowest BCUT2D eigenvalue weighted by Gasteiger charge is -2.27. The number of nitrogens with one attached hydrogen (secondary N) is 1. The van der Waals surface area contributed by atoms with Crippen molar-refractivity contribution in [2.75, 3.05) is 26.2 Å². The molecule has 3 rings (SSSR count). The molecule has 5 nitrogen and oxygen atoms in total. The van der Waals surface area contributed by atoms with E-state index < -0.39 is 0 Å². The van der Waals surface area contributed by atoms with Gasteiger partial charge in [-0.2, -0.15) is 5.10 Å². The van der Waals surface area contributed by atoms with Gasteiger partial charge in [0.25, 0.3) is 5.91 Å². The van der Waals surface area contributed by atoms with Crippen molar-refractivity contribution in [1.29, 1.82) is 0 Å². The molecule has 0 spiro atoms. The Labute approximate surface area is 124 Å². The Morgan fingerprint density at radius 3 is 2.62 bits per heavy atom. The Morgan fingerprint density at radius 2 is 1.90 bits per heavy atom. The predicted octanol–water partition coefficient (Wildman–Crippen LogP) is 1.44. The average Bonchev–Trinajstić information content (AvgIpc) is 2.89. The van der Waals surface area contributed by atoms with E-state index in [9.17, 15) is 4.79 Å². The molecule has 5 heteroatoms. The van der Waals surface area contributed by atoms with Gasteiger partial charge in [0.2, 0.25) is 0 Å². The number of amides is 1. The SMILES string of the molecule is Cc1ccccc1-c1cn(C)nc1C(=O)N1CCNCC1. The molecule has 1 aliphatic heterocycles. The molecule has 0 radical (unpaired) electrons. The third-order valence-electron chi connectivity index (χ3n) is 3.87. The van der Waals surface area contributed by atoms with Crippen LogP contribution in [-0.2, 0) is 7.05 Å². The molecule has 1 amide bonds. The summed E-state index contributed by atoms with van der Waals surface area (Å²) in [5.41, 5.74) is 3.69. The molecule has 21 heavy (non-hydrogen) atoms. The monoisotopic (exact) mass is 284 g/mol. The zero-order valence-corrected chi connectivity index (χ0v) is 12.5. The van der Waals surface area contributed by atoms with E-state index >= 15 is 0 Å². The van der Waals surface area contributed by atoms with Crippen LogP contribution in [0.2, 0.25) is 0 Å². The van der Waals surface area contributed by atoms with Crippen LogP contribution in [0.5, 0.6) is 0 Å². The van der Waals surface area contributed by atoms with E-state index in [1.807, 2.05) is 36.3 Å². The summed E-state index contributed by atoms with van der Waals surface area (Å²) in [5.74, 6) is 0.0235. The van der Waals surface area contributed by atoms with Gasteiger partial charge in [0, 0.05) is 45.0 Å². The lowest BCUT2D eigenvalue weighted by molar-refractivity contribution is 0.0730. The van der Waals surface area contributed by atoms with Gasteiger partial charge in [-0.3, -0.25) is 9.48 Å². The van der Waals surface area contributed by atoms with Crippen molar-refractivity contribution in [2.24, 2.45) is 7.05 Å². The Hall–Kier alpha value is -2.14. The second-order valence-electron chi connectivity index (χ2n) is 5.42. The minimum Gasteiger partial charge on any atom is -0.335 e. The molecule has 0 unspecified atom stereocenters. The van der Waals surface area contributed by atoms with Gasteiger partial charge in [0.15, 0.2) is 5.69 Å². The first-order valence-corrected chi connectivity index (χ1v) is 7.26. The van der Waals surface area contributed by atoms with Crippen LogP contribution >= 0.6 is 0 Å². The molecule has 1 aromatic heterocycles. The lowest BCUT2D eigenvalue weighted by Crippen LogP contribution is -2.46. The maximum absolute atomic E-state index is 12.7. The molecule has 2 aromatic rings. The molecule has 0 bridgehead atoms. The van der Waals surface area contributed by atoms with Crippen molar-refractivity contribution in [1.82, 2.24) is 20.0 Å². The van der Waals surface area contributed by atoms with Gasteiger partial charge < -0.3 is 10.2 Å². The highest BCUT2D eigenvalue weighted by Gasteiger charge is 2.24. The topological polar surface area (TPSA) is 50.2 Å². The fraction of sp³-hybridized carbons (Fsp3) is 0.375. The number of hydrogen-bond acceptors (Lipinski definition) is 3. The first kappa shape index (κ1) is 13.8. The third-order valence-corrected chi connectivity index (χ3v) is 3.87. The third kappa shape index (κ3) is 2.69. The van der Waals surface area contributed by atoms with Crippen molar-refractivity contribution < 1.29 is 4.79 Å². The summed E-state index contributed by atoms with van der Waals surface area (Å²) >= 11 is 0. The number of hydrogen-bond donors (Lipinski definition) is 1. The Balaban J connectivity index is 2.00. The van der Waals surface area contributed by atoms with Gasteiger partial charge >= 0.3 is 0 Å². The van der Waals surface area contributed by atoms with Crippen molar-refractivity contribution in [2.45, 2.75) is 6.92 Å². The molecular weight excluding hydrogens is 264 g/mol. The number of carbonyl (C=O) groups is 1. The number of aromatic nitrogens is 2. The normalized spacial score (nSPS) is 15.2. The Morgan fingerprint density at radius 1 is 1.19 bits per heavy atom. The molecule has 0 aliphatic carbocycles. The van der Waals surface area contributed by atoms with Gasteiger partial charge in [-0.25, -0.2) is 0 Å². The summed E-state index contributed by atoms with van der Waals surface area (Å²) < 4.78 is 1.72. The molecule has 1 N–H and O–H groups in total. The summed E-state index contributed by atoms with van der Waals surface area (Å²) in [4.78, 5) is 14.6. The molecule has 1 aromatic carbocycles. The quantitative estimate of drug-likeness (QED) is 0.908. The minimum atomic E-state index is 0.0235. The fourth-order valence-electron chi connectivity index (χ4n) is 2.74. The van der Waals surface area contributed by atoms with E-state index in [1.54, 1.807) is 4.68 Å². The number of aryl methyl sites for hydroxylation is 2. The number of carbonyl (C=O) groups excluding carboxylic acids is 1. The summed E-state index contributed by atoms with van der Waals surface area (Å²) in [7, 11) is 1.86. The van der Waals surface area contributed by atoms with Crippen molar-refractivity contribution in [3.05, 3.63) is 41.7 Å². The van der Waals surface area contributed by atoms with Crippen LogP contribution in [0.4, 0.5) is 0 Å². The summed E-state index contributed by atoms with van der Waals surface area (Å²) in [6, 6.07) is 8.10. The first-order valence-electron chi connectivity index (χ1n) is 7.26. The zero-order valence-electron chi connectivity index (χ0n) is 12.5. The van der Waals surface area contributed by atoms with E-state index in [0.717, 1.165) is 42.9 Å². The molecule has 0 saturated carbocycles. The minimum absolute atomic E-state index is 0.0235. The molecule has 2 heterocycles. The summed E-state index contributed by atoms with van der Waals surface area (Å²) in [6.07, 6.45) is 1.93. The van der Waals surface area contributed by atoms with Crippen LogP contribution in [-0.4, -0.2) is 46.8 Å². The van der Waals surface area contributed by atoms with Crippen LogP contribution in [0.25, 0.3) is 11.1 Å². The first-order chi connectivity index (χ1) is 10.2. The highest BCUT2D eigenvalue weighted by molar-refractivity contribution is 5.99. The molecule has 110 valence electrons. The predicted molar refractivity (Wildman–Crippen MR) is 82.2 cm³/mol. The van der Waals surface area contributed by atoms with Crippen LogP contribution in [0, 0.1) is 6.92 Å². The Bertz CT molecular complexity index is 656. The maximum Gasteiger partial charge on any atom is 0.275 e. The summed E-state index contributed by atoms with van der Waals surface area (Å²) in [6.45, 7) is 5.23. The maximum atomic E-state index is 12.7. The number of benzene rings is 1. The molecular formula is C16H20N4O. The van der Waals surface area contributed by atoms with Crippen LogP contribution in [0.3, 0.4) is 0 Å². The van der Waals surface area contributed by atoms with E-state index in [-0.39, 0.29) is 5.91 Å². The molecule has 1 saturated heterocycles. The second kappa shape index (κ2) is 5.69. The standard InChI is InChI=1S/C16H20N4O/c1-12-5-3-4-6-13(12)14-11-19(2)18-15(14)16(21)20-9-7-17-8-10-20/h3-6,11,17H,7-10H2,1-2H3. The number of piperazine rings is 1. The van der Waals surface area contributed by atoms with Gasteiger partial charge in [-0.1, -0.05) is 24.3 Å². The van der Waals surface area contributed by atoms with Crippen molar-refractivity contribution in [3.8, 4) is 11.1 Å². The van der Waals surface area contributed by atoms with E-state index in [0.29, 0.717) is 5.69 Å². The highest BCUT2D eigenvalue weighted by atomic mass is 16.2. The molecule has 1 fully saturated rings. The summed E-state index contributed by atoms with van der Waals surface area (Å²) in [5, 5.41) is 7.67. The van der Waals surface area contributed by atoms with Crippen LogP contribution in [0.15, 0.2) is 30.5 Å². The van der Waals surface area contributed by atoms with E-state index in [4.69, 9.17) is 0 Å². The molecule has 1 aliphatic rings. The van der Waals surface area contributed by atoms with E-state index in [2.05, 4.69) is 23.4 Å². The fourth-order valence-corrected chi connectivity index (χ4v) is 2.74. The van der Waals surface area contributed by atoms with Crippen molar-refractivity contribution in [3.63, 3.8) is 0 Å². The molecule has 0 atom stereocenters. The van der Waals surface area contributed by atoms with Gasteiger partial charge in [0.1, 0.15) is 0 Å². The van der Waals surface area contributed by atoms with Crippen molar-refractivity contribution >= 4 is 5.91 Å². The average molecular weight is 284 g/mol. The van der Waals surface area contributed by atoms with Crippen LogP contribution in [0.1, 0.15) is 16.1 Å². The smallest absolute Gasteiger partial charge is 0.275 e. The van der Waals surface area contributed by atoms with E-state index in [1.165, 1.54) is 0 Å². The second-order valence-corrected chi connectivity index (χ2v) is 5.42. The van der Waals surface area contributed by atoms with Crippen LogP contribution < -0.4 is 5.32 Å². The Kier molecular flexibility index (Phi) is 3.75. The lowest BCUT2D eigenvalue weighted by atomic mass is 10.0. The van der Waals surface area contributed by atoms with Gasteiger partial charge in [0.05, 0.1) is 0 Å². The highest BCUT2D eigenvalue weighted by Crippen LogP contribution is 2.26. The zero-order chi connectivity index (χ0) is 14.8.